The second-order valence-corrected chi connectivity index (χ2v) is 7.96. The smallest absolute Gasteiger partial charge is 0.399 e. The van der Waals surface area contributed by atoms with Crippen LogP contribution in [0.15, 0.2) is 12.4 Å². The van der Waals surface area contributed by atoms with E-state index in [1.807, 2.05) is 27.7 Å². The predicted molar refractivity (Wildman–Crippen MR) is 98.1 cm³/mol. The van der Waals surface area contributed by atoms with E-state index < -0.39 is 7.12 Å². The van der Waals surface area contributed by atoms with E-state index in [0.717, 1.165) is 37.6 Å². The van der Waals surface area contributed by atoms with Crippen molar-refractivity contribution >= 4 is 18.5 Å². The van der Waals surface area contributed by atoms with E-state index in [4.69, 9.17) is 14.4 Å². The number of hydrogen-bond acceptors (Lipinski definition) is 7. The van der Waals surface area contributed by atoms with Gasteiger partial charge in [-0.05, 0) is 34.6 Å². The van der Waals surface area contributed by atoms with Gasteiger partial charge in [-0.15, -0.1) is 0 Å². The Balaban J connectivity index is 1.66. The molecule has 7 nitrogen and oxygen atoms in total. The van der Waals surface area contributed by atoms with Crippen LogP contribution in [0.2, 0.25) is 0 Å². The quantitative estimate of drug-likeness (QED) is 0.784. The minimum absolute atomic E-state index is 0.198. The highest BCUT2D eigenvalue weighted by Gasteiger charge is 2.52. The first-order chi connectivity index (χ1) is 11.7. The molecule has 138 valence electrons. The summed E-state index contributed by atoms with van der Waals surface area (Å²) in [5.74, 6) is 0.732. The Morgan fingerprint density at radius 3 is 2.28 bits per heavy atom. The van der Waals surface area contributed by atoms with Crippen molar-refractivity contribution in [3.63, 3.8) is 0 Å². The minimum atomic E-state index is -0.431. The standard InChI is InChI=1S/C17H29BN4O3/c1-13-12-22(7-6-21(13)8-9-23)15-19-10-14(11-20-15)18-24-16(2,3)17(4,5)25-18/h10-11,13,23H,6-9,12H2,1-5H3/t13-/m0/s1. The predicted octanol–water partition coefficient (Wildman–Crippen LogP) is 0.279. The van der Waals surface area contributed by atoms with E-state index >= 15 is 0 Å². The van der Waals surface area contributed by atoms with Gasteiger partial charge >= 0.3 is 7.12 Å². The zero-order chi connectivity index (χ0) is 18.2. The van der Waals surface area contributed by atoms with E-state index in [9.17, 15) is 0 Å². The monoisotopic (exact) mass is 348 g/mol. The molecule has 1 aromatic heterocycles. The average molecular weight is 348 g/mol. The number of aliphatic hydroxyl groups is 1. The van der Waals surface area contributed by atoms with Gasteiger partial charge < -0.3 is 19.3 Å². The van der Waals surface area contributed by atoms with Crippen LogP contribution in [0.4, 0.5) is 5.95 Å². The van der Waals surface area contributed by atoms with Gasteiger partial charge in [-0.2, -0.15) is 0 Å². The summed E-state index contributed by atoms with van der Waals surface area (Å²) in [5, 5.41) is 9.12. The van der Waals surface area contributed by atoms with Crippen molar-refractivity contribution in [3.8, 4) is 0 Å². The molecule has 0 unspecified atom stereocenters. The number of aliphatic hydroxyl groups excluding tert-OH is 1. The van der Waals surface area contributed by atoms with Crippen LogP contribution < -0.4 is 10.4 Å². The first-order valence-corrected chi connectivity index (χ1v) is 9.01. The molecule has 8 heteroatoms. The van der Waals surface area contributed by atoms with Crippen LogP contribution >= 0.6 is 0 Å². The number of β-amino-alcohol motifs (C(OH)–C–C–N with tert-alkyl or cyclic N) is 1. The Hall–Kier alpha value is -1.22. The SMILES string of the molecule is C[C@H]1CN(c2ncc(B3OC(C)(C)C(C)(C)O3)cn2)CCN1CCO. The molecule has 0 aliphatic carbocycles. The number of nitrogens with zero attached hydrogens (tertiary/aromatic N) is 4. The first kappa shape index (κ1) is 18.6. The van der Waals surface area contributed by atoms with E-state index in [1.54, 1.807) is 12.4 Å². The molecule has 0 amide bonds. The normalized spacial score (nSPS) is 26.2. The number of hydrogen-bond donors (Lipinski definition) is 1. The fraction of sp³-hybridized carbons (Fsp3) is 0.765. The van der Waals surface area contributed by atoms with Crippen molar-refractivity contribution in [2.75, 3.05) is 37.7 Å². The van der Waals surface area contributed by atoms with Crippen molar-refractivity contribution in [2.24, 2.45) is 0 Å². The van der Waals surface area contributed by atoms with Crippen molar-refractivity contribution < 1.29 is 14.4 Å². The summed E-state index contributed by atoms with van der Waals surface area (Å²) in [7, 11) is -0.431. The van der Waals surface area contributed by atoms with E-state index in [2.05, 4.69) is 26.7 Å². The lowest BCUT2D eigenvalue weighted by molar-refractivity contribution is 0.00578. The molecule has 0 aromatic carbocycles. The molecule has 3 rings (SSSR count). The Labute approximate surface area is 150 Å². The third kappa shape index (κ3) is 3.67. The Kier molecular flexibility index (Phi) is 5.08. The lowest BCUT2D eigenvalue weighted by Gasteiger charge is -2.39. The largest absolute Gasteiger partial charge is 0.498 e. The molecule has 2 saturated heterocycles. The lowest BCUT2D eigenvalue weighted by Crippen LogP contribution is -2.53. The second-order valence-electron chi connectivity index (χ2n) is 7.96. The topological polar surface area (TPSA) is 71.0 Å². The molecule has 0 saturated carbocycles. The molecule has 0 radical (unpaired) electrons. The Morgan fingerprint density at radius 2 is 1.76 bits per heavy atom. The van der Waals surface area contributed by atoms with Crippen LogP contribution in [0.25, 0.3) is 0 Å². The second kappa shape index (κ2) is 6.83. The molecule has 0 bridgehead atoms. The highest BCUT2D eigenvalue weighted by atomic mass is 16.7. The van der Waals surface area contributed by atoms with Gasteiger partial charge in [-0.3, -0.25) is 4.90 Å². The van der Waals surface area contributed by atoms with Crippen LogP contribution in [0.1, 0.15) is 34.6 Å². The Bertz CT molecular complexity index is 580. The molecule has 3 heterocycles. The molecule has 1 aromatic rings. The summed E-state index contributed by atoms with van der Waals surface area (Å²) in [5.41, 5.74) is 0.109. The number of rotatable bonds is 4. The molecule has 25 heavy (non-hydrogen) atoms. The maximum absolute atomic E-state index is 9.12. The van der Waals surface area contributed by atoms with Crippen molar-refractivity contribution in [3.05, 3.63) is 12.4 Å². The van der Waals surface area contributed by atoms with Gasteiger partial charge in [0.2, 0.25) is 5.95 Å². The summed E-state index contributed by atoms with van der Waals surface area (Å²) in [4.78, 5) is 13.5. The lowest BCUT2D eigenvalue weighted by atomic mass is 9.81. The number of aromatic nitrogens is 2. The summed E-state index contributed by atoms with van der Waals surface area (Å²) in [6, 6.07) is 0.368. The summed E-state index contributed by atoms with van der Waals surface area (Å²) in [6.45, 7) is 13.9. The average Bonchev–Trinajstić information content (AvgIpc) is 2.78. The molecule has 2 fully saturated rings. The first-order valence-electron chi connectivity index (χ1n) is 9.01. The molecule has 1 N–H and O–H groups in total. The number of anilines is 1. The minimum Gasteiger partial charge on any atom is -0.399 e. The van der Waals surface area contributed by atoms with Gasteiger partial charge in [-0.1, -0.05) is 0 Å². The summed E-state index contributed by atoms with van der Waals surface area (Å²) in [6.07, 6.45) is 3.60. The Morgan fingerprint density at radius 1 is 1.16 bits per heavy atom. The summed E-state index contributed by atoms with van der Waals surface area (Å²) < 4.78 is 12.1. The van der Waals surface area contributed by atoms with Gasteiger partial charge in [0.25, 0.3) is 0 Å². The summed E-state index contributed by atoms with van der Waals surface area (Å²) >= 11 is 0. The fourth-order valence-corrected chi connectivity index (χ4v) is 3.23. The van der Waals surface area contributed by atoms with Crippen LogP contribution in [-0.4, -0.2) is 77.1 Å². The van der Waals surface area contributed by atoms with Gasteiger partial charge in [0.05, 0.1) is 17.8 Å². The molecule has 2 aliphatic rings. The van der Waals surface area contributed by atoms with Crippen LogP contribution in [0, 0.1) is 0 Å². The van der Waals surface area contributed by atoms with Crippen LogP contribution in [0.5, 0.6) is 0 Å². The maximum atomic E-state index is 9.12. The van der Waals surface area contributed by atoms with Gasteiger partial charge in [-0.25, -0.2) is 9.97 Å². The van der Waals surface area contributed by atoms with Crippen molar-refractivity contribution in [2.45, 2.75) is 51.9 Å². The molecule has 1 atom stereocenters. The highest BCUT2D eigenvalue weighted by molar-refractivity contribution is 6.61. The van der Waals surface area contributed by atoms with E-state index in [0.29, 0.717) is 6.04 Å². The molecule has 0 spiro atoms. The molecule has 2 aliphatic heterocycles. The molecular formula is C17H29BN4O3. The van der Waals surface area contributed by atoms with Crippen LogP contribution in [-0.2, 0) is 9.31 Å². The van der Waals surface area contributed by atoms with Crippen LogP contribution in [0.3, 0.4) is 0 Å². The van der Waals surface area contributed by atoms with Crippen molar-refractivity contribution in [1.82, 2.24) is 14.9 Å². The third-order valence-corrected chi connectivity index (χ3v) is 5.62. The van der Waals surface area contributed by atoms with Gasteiger partial charge in [0.1, 0.15) is 0 Å². The van der Waals surface area contributed by atoms with Gasteiger partial charge in [0, 0.05) is 50.1 Å². The fourth-order valence-electron chi connectivity index (χ4n) is 3.23. The van der Waals surface area contributed by atoms with E-state index in [1.165, 1.54) is 0 Å². The number of piperazine rings is 1. The highest BCUT2D eigenvalue weighted by Crippen LogP contribution is 2.36. The molecular weight excluding hydrogens is 319 g/mol. The zero-order valence-electron chi connectivity index (χ0n) is 15.9. The van der Waals surface area contributed by atoms with E-state index in [-0.39, 0.29) is 17.8 Å². The zero-order valence-corrected chi connectivity index (χ0v) is 15.9. The van der Waals surface area contributed by atoms with Gasteiger partial charge in [0.15, 0.2) is 0 Å². The van der Waals surface area contributed by atoms with Crippen molar-refractivity contribution in [1.29, 1.82) is 0 Å². The third-order valence-electron chi connectivity index (χ3n) is 5.62. The maximum Gasteiger partial charge on any atom is 0.498 e.